The summed E-state index contributed by atoms with van der Waals surface area (Å²) in [5.74, 6) is 1.07. The van der Waals surface area contributed by atoms with Crippen molar-refractivity contribution >= 4 is 11.8 Å². The Hall–Kier alpha value is -1.67. The highest BCUT2D eigenvalue weighted by atomic mass is 32.2. The fraction of sp³-hybridized carbons (Fsp3) is 0.417. The van der Waals surface area contributed by atoms with Crippen molar-refractivity contribution in [3.63, 3.8) is 0 Å². The van der Waals surface area contributed by atoms with Crippen molar-refractivity contribution < 1.29 is 0 Å². The minimum absolute atomic E-state index is 1.07. The number of rotatable bonds is 9. The fourth-order valence-electron chi connectivity index (χ4n) is 2.56. The molecule has 0 saturated heterocycles. The number of nitrogens with zero attached hydrogens (tertiary/aromatic N) is 1. The molecule has 0 aromatic heterocycles. The largest absolute Gasteiger partial charge is 0.381 e. The summed E-state index contributed by atoms with van der Waals surface area (Å²) in [5, 5.41) is 0. The topological polar surface area (TPSA) is 3.24 Å². The third-order valence-corrected chi connectivity index (χ3v) is 5.34. The molecule has 0 bridgehead atoms. The molecule has 2 heteroatoms. The zero-order valence-corrected chi connectivity index (χ0v) is 17.8. The van der Waals surface area contributed by atoms with Crippen molar-refractivity contribution in [2.45, 2.75) is 51.3 Å². The van der Waals surface area contributed by atoms with Gasteiger partial charge in [0.05, 0.1) is 0 Å². The van der Waals surface area contributed by atoms with Crippen LogP contribution in [0.15, 0.2) is 83.0 Å². The molecule has 1 aliphatic carbocycles. The van der Waals surface area contributed by atoms with Crippen LogP contribution in [-0.2, 0) is 0 Å². The van der Waals surface area contributed by atoms with E-state index < -0.39 is 0 Å². The second-order valence-electron chi connectivity index (χ2n) is 6.89. The van der Waals surface area contributed by atoms with Crippen LogP contribution in [0.1, 0.15) is 46.5 Å². The standard InChI is InChI=1S/C16H18S.C8H17N/c1-13-8-9-15(10-13)11-14(2)12-17-16-6-4-3-5-7-16;1-4-6-7-8-9(3)5-2/h3-9,11H,10,12H2,1-2H3;5H,2,4,6-8H2,1,3H3/b14-11-;. The van der Waals surface area contributed by atoms with Crippen molar-refractivity contribution in [3.8, 4) is 0 Å². The summed E-state index contributed by atoms with van der Waals surface area (Å²) in [5.41, 5.74) is 4.33. The summed E-state index contributed by atoms with van der Waals surface area (Å²) in [6.45, 7) is 11.4. The van der Waals surface area contributed by atoms with Gasteiger partial charge in [0.2, 0.25) is 0 Å². The van der Waals surface area contributed by atoms with Crippen molar-refractivity contribution in [2.24, 2.45) is 0 Å². The van der Waals surface area contributed by atoms with Gasteiger partial charge in [-0.25, -0.2) is 0 Å². The highest BCUT2D eigenvalue weighted by Gasteiger charge is 2.02. The van der Waals surface area contributed by atoms with E-state index in [2.05, 4.69) is 87.9 Å². The van der Waals surface area contributed by atoms with E-state index in [1.54, 1.807) is 0 Å². The quantitative estimate of drug-likeness (QED) is 0.333. The van der Waals surface area contributed by atoms with Crippen molar-refractivity contribution in [1.82, 2.24) is 4.90 Å². The van der Waals surface area contributed by atoms with E-state index >= 15 is 0 Å². The van der Waals surface area contributed by atoms with Gasteiger partial charge in [0.25, 0.3) is 0 Å². The van der Waals surface area contributed by atoms with Crippen molar-refractivity contribution in [1.29, 1.82) is 0 Å². The summed E-state index contributed by atoms with van der Waals surface area (Å²) >= 11 is 1.90. The molecule has 2 rings (SSSR count). The van der Waals surface area contributed by atoms with Gasteiger partial charge in [0, 0.05) is 24.2 Å². The molecule has 0 amide bonds. The molecular weight excluding hydrogens is 334 g/mol. The summed E-state index contributed by atoms with van der Waals surface area (Å²) in [7, 11) is 2.06. The van der Waals surface area contributed by atoms with Gasteiger partial charge in [-0.15, -0.1) is 11.8 Å². The maximum absolute atomic E-state index is 3.67. The number of hydrogen-bond donors (Lipinski definition) is 0. The zero-order chi connectivity index (χ0) is 19.2. The third-order valence-electron chi connectivity index (χ3n) is 4.13. The summed E-state index contributed by atoms with van der Waals surface area (Å²) < 4.78 is 0. The zero-order valence-electron chi connectivity index (χ0n) is 17.0. The fourth-order valence-corrected chi connectivity index (χ4v) is 3.39. The lowest BCUT2D eigenvalue weighted by Crippen LogP contribution is -2.10. The van der Waals surface area contributed by atoms with Crippen LogP contribution in [-0.4, -0.2) is 24.2 Å². The van der Waals surface area contributed by atoms with Crippen molar-refractivity contribution in [3.05, 3.63) is 78.1 Å². The van der Waals surface area contributed by atoms with Crippen molar-refractivity contribution in [2.75, 3.05) is 19.3 Å². The Morgan fingerprint density at radius 2 is 1.92 bits per heavy atom. The molecule has 1 nitrogen and oxygen atoms in total. The molecule has 0 heterocycles. The average Bonchev–Trinajstić information content (AvgIpc) is 3.06. The van der Waals surface area contributed by atoms with Gasteiger partial charge in [0.15, 0.2) is 0 Å². The predicted octanol–water partition coefficient (Wildman–Crippen LogP) is 7.25. The van der Waals surface area contributed by atoms with Gasteiger partial charge in [-0.05, 0) is 50.6 Å². The van der Waals surface area contributed by atoms with Crippen LogP contribution in [0.3, 0.4) is 0 Å². The van der Waals surface area contributed by atoms with Crippen LogP contribution in [0.2, 0.25) is 0 Å². The first-order valence-electron chi connectivity index (χ1n) is 9.59. The Balaban J connectivity index is 0.000000321. The molecule has 0 saturated carbocycles. The highest BCUT2D eigenvalue weighted by Crippen LogP contribution is 2.23. The molecule has 0 spiro atoms. The maximum atomic E-state index is 3.67. The Bertz CT molecular complexity index is 610. The molecule has 0 N–H and O–H groups in total. The number of hydrogen-bond acceptors (Lipinski definition) is 2. The van der Waals surface area contributed by atoms with Gasteiger partial charge < -0.3 is 4.90 Å². The molecule has 0 radical (unpaired) electrons. The molecular formula is C24H35NS. The number of benzene rings is 1. The first-order chi connectivity index (χ1) is 12.5. The molecule has 0 fully saturated rings. The van der Waals surface area contributed by atoms with E-state index in [-0.39, 0.29) is 0 Å². The van der Waals surface area contributed by atoms with E-state index in [1.807, 2.05) is 18.0 Å². The summed E-state index contributed by atoms with van der Waals surface area (Å²) in [4.78, 5) is 3.46. The average molecular weight is 370 g/mol. The second-order valence-corrected chi connectivity index (χ2v) is 7.94. The monoisotopic (exact) mass is 369 g/mol. The first kappa shape index (κ1) is 22.4. The molecule has 1 aromatic rings. The van der Waals surface area contributed by atoms with Gasteiger partial charge in [0.1, 0.15) is 0 Å². The lowest BCUT2D eigenvalue weighted by molar-refractivity contribution is 0.436. The van der Waals surface area contributed by atoms with Crippen LogP contribution >= 0.6 is 11.8 Å². The smallest absolute Gasteiger partial charge is 0.0191 e. The van der Waals surface area contributed by atoms with E-state index in [1.165, 1.54) is 40.9 Å². The van der Waals surface area contributed by atoms with E-state index in [0.717, 1.165) is 18.7 Å². The summed E-state index contributed by atoms with van der Waals surface area (Å²) in [6.07, 6.45) is 13.7. The van der Waals surface area contributed by atoms with Crippen LogP contribution in [0, 0.1) is 0 Å². The first-order valence-corrected chi connectivity index (χ1v) is 10.6. The SMILES string of the molecule is C=CN(C)CCCCC.CC1=CC=C(/C=C(/C)CSc2ccccc2)C1. The van der Waals surface area contributed by atoms with E-state index in [9.17, 15) is 0 Å². The Morgan fingerprint density at radius 1 is 1.19 bits per heavy atom. The lowest BCUT2D eigenvalue weighted by Gasteiger charge is -2.11. The van der Waals surface area contributed by atoms with E-state index in [0.29, 0.717) is 0 Å². The minimum atomic E-state index is 1.07. The predicted molar refractivity (Wildman–Crippen MR) is 120 cm³/mol. The Labute approximate surface area is 165 Å². The Kier molecular flexibility index (Phi) is 11.6. The number of thioether (sulfide) groups is 1. The molecule has 26 heavy (non-hydrogen) atoms. The maximum Gasteiger partial charge on any atom is 0.0191 e. The van der Waals surface area contributed by atoms with E-state index in [4.69, 9.17) is 0 Å². The third kappa shape index (κ3) is 10.4. The number of allylic oxidation sites excluding steroid dienone is 5. The molecule has 0 atom stereocenters. The normalized spacial score (nSPS) is 13.5. The molecule has 1 aromatic carbocycles. The minimum Gasteiger partial charge on any atom is -0.381 e. The van der Waals surface area contributed by atoms with Gasteiger partial charge in [-0.1, -0.05) is 73.9 Å². The molecule has 1 aliphatic rings. The van der Waals surface area contributed by atoms with Crippen LogP contribution < -0.4 is 0 Å². The van der Waals surface area contributed by atoms with Crippen LogP contribution in [0.4, 0.5) is 0 Å². The molecule has 0 unspecified atom stereocenters. The van der Waals surface area contributed by atoms with Crippen LogP contribution in [0.25, 0.3) is 0 Å². The lowest BCUT2D eigenvalue weighted by atomic mass is 10.1. The van der Waals surface area contributed by atoms with Gasteiger partial charge >= 0.3 is 0 Å². The Morgan fingerprint density at radius 3 is 2.50 bits per heavy atom. The summed E-state index contributed by atoms with van der Waals surface area (Å²) in [6, 6.07) is 10.6. The molecule has 142 valence electrons. The second kappa shape index (κ2) is 13.5. The highest BCUT2D eigenvalue weighted by molar-refractivity contribution is 7.99. The van der Waals surface area contributed by atoms with Gasteiger partial charge in [-0.3, -0.25) is 0 Å². The van der Waals surface area contributed by atoms with Crippen LogP contribution in [0.5, 0.6) is 0 Å². The number of unbranched alkanes of at least 4 members (excludes halogenated alkanes) is 2. The molecule has 0 aliphatic heterocycles. The van der Waals surface area contributed by atoms with Gasteiger partial charge in [-0.2, -0.15) is 0 Å².